The predicted molar refractivity (Wildman–Crippen MR) is 148 cm³/mol. The van der Waals surface area contributed by atoms with Gasteiger partial charge in [0, 0.05) is 45.0 Å². The first-order valence-corrected chi connectivity index (χ1v) is 13.1. The molecule has 1 aliphatic heterocycles. The highest BCUT2D eigenvalue weighted by Crippen LogP contribution is 2.18. The highest BCUT2D eigenvalue weighted by atomic mass is 16.5. The van der Waals surface area contributed by atoms with E-state index in [2.05, 4.69) is 62.9 Å². The molecule has 0 atom stereocenters. The van der Waals surface area contributed by atoms with Gasteiger partial charge in [-0.3, -0.25) is 9.80 Å². The summed E-state index contributed by atoms with van der Waals surface area (Å²) in [7, 11) is 0. The van der Waals surface area contributed by atoms with Gasteiger partial charge in [-0.05, 0) is 66.9 Å². The molecule has 1 saturated heterocycles. The van der Waals surface area contributed by atoms with Gasteiger partial charge < -0.3 is 20.5 Å². The number of benzene rings is 3. The maximum Gasteiger partial charge on any atom is 0.319 e. The van der Waals surface area contributed by atoms with E-state index < -0.39 is 0 Å². The number of nitrogens with one attached hydrogen (secondary N) is 2. The van der Waals surface area contributed by atoms with Gasteiger partial charge in [0.1, 0.15) is 12.4 Å². The Balaban J connectivity index is 1.21. The zero-order valence-corrected chi connectivity index (χ0v) is 21.4. The molecular formula is C30H38N4O3. The monoisotopic (exact) mass is 502 g/mol. The van der Waals surface area contributed by atoms with Gasteiger partial charge in [0.25, 0.3) is 0 Å². The number of carbonyl (C=O) groups excluding carboxylic acids is 1. The van der Waals surface area contributed by atoms with Crippen molar-refractivity contribution in [1.82, 2.24) is 15.1 Å². The minimum absolute atomic E-state index is 0.0689. The molecule has 7 nitrogen and oxygen atoms in total. The second-order valence-electron chi connectivity index (χ2n) is 9.48. The van der Waals surface area contributed by atoms with Gasteiger partial charge in [-0.1, -0.05) is 54.6 Å². The Hall–Kier alpha value is -3.39. The first kappa shape index (κ1) is 26.7. The topological polar surface area (TPSA) is 77.1 Å². The third-order valence-electron chi connectivity index (χ3n) is 6.47. The number of amides is 2. The summed E-state index contributed by atoms with van der Waals surface area (Å²) in [6.07, 6.45) is 1.68. The van der Waals surface area contributed by atoms with Crippen LogP contribution in [-0.4, -0.2) is 60.3 Å². The molecule has 0 aliphatic carbocycles. The Labute approximate surface area is 220 Å². The van der Waals surface area contributed by atoms with E-state index in [4.69, 9.17) is 9.84 Å². The number of ether oxygens (including phenoxy) is 1. The van der Waals surface area contributed by atoms with Crippen molar-refractivity contribution in [2.75, 3.05) is 44.6 Å². The number of hydrogen-bond acceptors (Lipinski definition) is 5. The minimum Gasteiger partial charge on any atom is -0.489 e. The fourth-order valence-electron chi connectivity index (χ4n) is 4.49. The summed E-state index contributed by atoms with van der Waals surface area (Å²) in [5, 5.41) is 14.5. The maximum atomic E-state index is 12.0. The first-order valence-electron chi connectivity index (χ1n) is 13.1. The van der Waals surface area contributed by atoms with Gasteiger partial charge in [0.15, 0.2) is 0 Å². The molecule has 3 aromatic rings. The normalized spacial score (nSPS) is 14.6. The van der Waals surface area contributed by atoms with Crippen molar-refractivity contribution < 1.29 is 14.6 Å². The Morgan fingerprint density at radius 2 is 1.51 bits per heavy atom. The van der Waals surface area contributed by atoms with Crippen LogP contribution in [0.3, 0.4) is 0 Å². The van der Waals surface area contributed by atoms with Gasteiger partial charge in [-0.2, -0.15) is 0 Å². The van der Waals surface area contributed by atoms with Gasteiger partial charge in [0.05, 0.1) is 0 Å². The average Bonchev–Trinajstić information content (AvgIpc) is 3.14. The lowest BCUT2D eigenvalue weighted by Gasteiger charge is -2.22. The number of urea groups is 1. The summed E-state index contributed by atoms with van der Waals surface area (Å²) >= 11 is 0. The minimum atomic E-state index is -0.244. The van der Waals surface area contributed by atoms with E-state index in [-0.39, 0.29) is 12.6 Å². The Morgan fingerprint density at radius 3 is 2.24 bits per heavy atom. The molecule has 1 heterocycles. The number of hydrogen-bond donors (Lipinski definition) is 3. The average molecular weight is 503 g/mol. The quantitative estimate of drug-likeness (QED) is 0.337. The smallest absolute Gasteiger partial charge is 0.319 e. The van der Waals surface area contributed by atoms with Crippen molar-refractivity contribution in [3.63, 3.8) is 0 Å². The Bertz CT molecular complexity index is 1090. The molecular weight excluding hydrogens is 464 g/mol. The van der Waals surface area contributed by atoms with E-state index in [1.165, 1.54) is 16.7 Å². The van der Waals surface area contributed by atoms with E-state index in [0.717, 1.165) is 57.1 Å². The number of nitrogens with zero attached hydrogens (tertiary/aromatic N) is 2. The molecule has 4 rings (SSSR count). The molecule has 0 aromatic heterocycles. The molecule has 1 aliphatic rings. The van der Waals surface area contributed by atoms with E-state index >= 15 is 0 Å². The van der Waals surface area contributed by atoms with Gasteiger partial charge in [0.2, 0.25) is 0 Å². The molecule has 0 radical (unpaired) electrons. The molecule has 3 N–H and O–H groups in total. The zero-order chi connectivity index (χ0) is 25.7. The number of rotatable bonds is 11. The third-order valence-corrected chi connectivity index (χ3v) is 6.47. The molecule has 0 spiro atoms. The number of aliphatic hydroxyl groups excluding tert-OH is 1. The lowest BCUT2D eigenvalue weighted by Crippen LogP contribution is -2.30. The summed E-state index contributed by atoms with van der Waals surface area (Å²) in [5.74, 6) is 0.897. The van der Waals surface area contributed by atoms with Crippen molar-refractivity contribution in [2.45, 2.75) is 32.5 Å². The SMILES string of the molecule is O=C(NCCCO)Nc1cccc(CN2CCCN(Cc3ccc(OCc4ccccc4)cc3)CC2)c1. The van der Waals surface area contributed by atoms with E-state index in [9.17, 15) is 4.79 Å². The van der Waals surface area contributed by atoms with Crippen LogP contribution in [0.1, 0.15) is 29.5 Å². The van der Waals surface area contributed by atoms with E-state index in [0.29, 0.717) is 19.6 Å². The molecule has 1 fully saturated rings. The third kappa shape index (κ3) is 9.21. The van der Waals surface area contributed by atoms with Crippen molar-refractivity contribution in [3.8, 4) is 5.75 Å². The Kier molecular flexibility index (Phi) is 10.4. The van der Waals surface area contributed by atoms with Crippen LogP contribution in [-0.2, 0) is 19.7 Å². The zero-order valence-electron chi connectivity index (χ0n) is 21.4. The predicted octanol–water partition coefficient (Wildman–Crippen LogP) is 4.48. The second kappa shape index (κ2) is 14.4. The summed E-state index contributed by atoms with van der Waals surface area (Å²) in [6, 6.07) is 26.5. The van der Waals surface area contributed by atoms with Gasteiger partial charge in [-0.15, -0.1) is 0 Å². The highest BCUT2D eigenvalue weighted by molar-refractivity contribution is 5.89. The molecule has 0 saturated carbocycles. The molecule has 2 amide bonds. The standard InChI is InChI=1S/C30H38N4O3/c35-20-5-15-31-30(36)32-28-10-4-9-27(21-28)23-34-17-6-16-33(18-19-34)22-25-11-13-29(14-12-25)37-24-26-7-2-1-3-8-26/h1-4,7-14,21,35H,5-6,15-20,22-24H2,(H2,31,32,36). The summed E-state index contributed by atoms with van der Waals surface area (Å²) in [6.45, 7) is 7.09. The van der Waals surface area contributed by atoms with Crippen LogP contribution < -0.4 is 15.4 Å². The lowest BCUT2D eigenvalue weighted by molar-refractivity contribution is 0.247. The van der Waals surface area contributed by atoms with E-state index in [1.54, 1.807) is 0 Å². The molecule has 0 bridgehead atoms. The highest BCUT2D eigenvalue weighted by Gasteiger charge is 2.16. The number of carbonyl (C=O) groups is 1. The molecule has 37 heavy (non-hydrogen) atoms. The molecule has 7 heteroatoms. The van der Waals surface area contributed by atoms with Crippen molar-refractivity contribution >= 4 is 11.7 Å². The van der Waals surface area contributed by atoms with Crippen molar-refractivity contribution in [3.05, 3.63) is 95.6 Å². The van der Waals surface area contributed by atoms with Crippen LogP contribution in [0.25, 0.3) is 0 Å². The van der Waals surface area contributed by atoms with Crippen LogP contribution in [0, 0.1) is 0 Å². The van der Waals surface area contributed by atoms with Crippen LogP contribution in [0.5, 0.6) is 5.75 Å². The van der Waals surface area contributed by atoms with Crippen LogP contribution in [0.2, 0.25) is 0 Å². The fourth-order valence-corrected chi connectivity index (χ4v) is 4.49. The van der Waals surface area contributed by atoms with Crippen molar-refractivity contribution in [2.24, 2.45) is 0 Å². The van der Waals surface area contributed by atoms with Crippen LogP contribution >= 0.6 is 0 Å². The van der Waals surface area contributed by atoms with Crippen LogP contribution in [0.4, 0.5) is 10.5 Å². The summed E-state index contributed by atoms with van der Waals surface area (Å²) in [5.41, 5.74) is 4.44. The van der Waals surface area contributed by atoms with Gasteiger partial charge in [-0.25, -0.2) is 4.79 Å². The van der Waals surface area contributed by atoms with E-state index in [1.807, 2.05) is 36.4 Å². The fraction of sp³-hybridized carbons (Fsp3) is 0.367. The molecule has 196 valence electrons. The van der Waals surface area contributed by atoms with Crippen molar-refractivity contribution in [1.29, 1.82) is 0 Å². The number of anilines is 1. The summed E-state index contributed by atoms with van der Waals surface area (Å²) in [4.78, 5) is 17.0. The second-order valence-corrected chi connectivity index (χ2v) is 9.48. The van der Waals surface area contributed by atoms with Gasteiger partial charge >= 0.3 is 6.03 Å². The summed E-state index contributed by atoms with van der Waals surface area (Å²) < 4.78 is 5.92. The lowest BCUT2D eigenvalue weighted by atomic mass is 10.2. The van der Waals surface area contributed by atoms with Crippen LogP contribution in [0.15, 0.2) is 78.9 Å². The first-order chi connectivity index (χ1) is 18.2. The molecule has 3 aromatic carbocycles. The Morgan fingerprint density at radius 1 is 0.811 bits per heavy atom. The maximum absolute atomic E-state index is 12.0. The number of aliphatic hydroxyl groups is 1. The molecule has 0 unspecified atom stereocenters. The largest absolute Gasteiger partial charge is 0.489 e.